The highest BCUT2D eigenvalue weighted by atomic mass is 19.1. The van der Waals surface area contributed by atoms with E-state index in [-0.39, 0.29) is 17.7 Å². The molecule has 1 aromatic carbocycles. The number of benzene rings is 1. The topological polar surface area (TPSA) is 41.6 Å². The molecular weight excluding hydrogens is 307 g/mol. The molecule has 0 amide bonds. The largest absolute Gasteiger partial charge is 0.466 e. The number of ether oxygens (including phenoxy) is 1. The zero-order valence-corrected chi connectivity index (χ0v) is 14.4. The summed E-state index contributed by atoms with van der Waals surface area (Å²) in [5, 5.41) is 3.32. The molecule has 0 bridgehead atoms. The van der Waals surface area contributed by atoms with Gasteiger partial charge in [-0.3, -0.25) is 4.79 Å². The summed E-state index contributed by atoms with van der Waals surface area (Å²) in [7, 11) is 0. The van der Waals surface area contributed by atoms with E-state index in [1.165, 1.54) is 0 Å². The zero-order chi connectivity index (χ0) is 16.9. The summed E-state index contributed by atoms with van der Waals surface area (Å²) in [6.07, 6.45) is 3.55. The van der Waals surface area contributed by atoms with E-state index in [1.807, 2.05) is 19.1 Å². The highest BCUT2D eigenvalue weighted by Gasteiger charge is 2.27. The van der Waals surface area contributed by atoms with E-state index in [2.05, 4.69) is 10.2 Å². The molecule has 0 aromatic heterocycles. The first-order valence-corrected chi connectivity index (χ1v) is 9.10. The second kappa shape index (κ2) is 7.97. The molecule has 2 heterocycles. The average molecular weight is 334 g/mol. The minimum atomic E-state index is -0.0930. The predicted octanol–water partition coefficient (Wildman–Crippen LogP) is 3.07. The smallest absolute Gasteiger partial charge is 0.309 e. The fraction of sp³-hybridized carbons (Fsp3) is 0.632. The number of nitrogens with zero attached hydrogens (tertiary/aromatic N) is 1. The number of esters is 1. The Bertz CT molecular complexity index is 564. The second-order valence-electron chi connectivity index (χ2n) is 6.74. The van der Waals surface area contributed by atoms with Crippen LogP contribution in [0.25, 0.3) is 0 Å². The Morgan fingerprint density at radius 2 is 1.96 bits per heavy atom. The van der Waals surface area contributed by atoms with Crippen LogP contribution in [0.4, 0.5) is 10.1 Å². The summed E-state index contributed by atoms with van der Waals surface area (Å²) in [5.74, 6) is 0.131. The Morgan fingerprint density at radius 1 is 1.25 bits per heavy atom. The molecule has 4 nitrogen and oxygen atoms in total. The van der Waals surface area contributed by atoms with Gasteiger partial charge in [-0.2, -0.15) is 0 Å². The lowest BCUT2D eigenvalue weighted by molar-refractivity contribution is -0.148. The van der Waals surface area contributed by atoms with E-state index >= 15 is 0 Å². The maximum absolute atomic E-state index is 14.6. The van der Waals surface area contributed by atoms with E-state index in [4.69, 9.17) is 4.74 Å². The molecule has 0 radical (unpaired) electrons. The minimum Gasteiger partial charge on any atom is -0.466 e. The number of piperidine rings is 2. The first-order valence-electron chi connectivity index (χ1n) is 9.10. The normalized spacial score (nSPS) is 20.2. The van der Waals surface area contributed by atoms with Crippen molar-refractivity contribution in [2.75, 3.05) is 37.7 Å². The third-order valence-electron chi connectivity index (χ3n) is 5.24. The molecule has 3 rings (SSSR count). The molecule has 2 fully saturated rings. The molecule has 2 aliphatic rings. The van der Waals surface area contributed by atoms with Gasteiger partial charge in [0.2, 0.25) is 0 Å². The molecule has 132 valence electrons. The molecule has 1 N–H and O–H groups in total. The van der Waals surface area contributed by atoms with Crippen LogP contribution in [0.3, 0.4) is 0 Å². The first-order chi connectivity index (χ1) is 11.7. The molecule has 0 aliphatic carbocycles. The lowest BCUT2D eigenvalue weighted by Gasteiger charge is -2.33. The van der Waals surface area contributed by atoms with Crippen molar-refractivity contribution in [1.82, 2.24) is 5.32 Å². The standard InChI is InChI=1S/C19H27FN2O2/c1-2-24-19(23)15-7-11-22(12-8-15)16-3-4-17(18(20)13-16)14-5-9-21-10-6-14/h3-4,13-15,21H,2,5-12H2,1H3. The highest BCUT2D eigenvalue weighted by Crippen LogP contribution is 2.31. The van der Waals surface area contributed by atoms with E-state index in [0.29, 0.717) is 12.5 Å². The molecule has 0 atom stereocenters. The SMILES string of the molecule is CCOC(=O)C1CCN(c2ccc(C3CCNCC3)c(F)c2)CC1. The van der Waals surface area contributed by atoms with Crippen LogP contribution in [0, 0.1) is 11.7 Å². The van der Waals surface area contributed by atoms with Gasteiger partial charge in [-0.25, -0.2) is 4.39 Å². The van der Waals surface area contributed by atoms with Gasteiger partial charge in [0, 0.05) is 18.8 Å². The summed E-state index contributed by atoms with van der Waals surface area (Å²) in [5.41, 5.74) is 1.77. The molecule has 5 heteroatoms. The number of hydrogen-bond donors (Lipinski definition) is 1. The van der Waals surface area contributed by atoms with Gasteiger partial charge in [0.1, 0.15) is 5.82 Å². The number of halogens is 1. The van der Waals surface area contributed by atoms with Crippen molar-refractivity contribution in [2.45, 2.75) is 38.5 Å². The first kappa shape index (κ1) is 17.2. The highest BCUT2D eigenvalue weighted by molar-refractivity contribution is 5.72. The zero-order valence-electron chi connectivity index (χ0n) is 14.4. The van der Waals surface area contributed by atoms with Crippen molar-refractivity contribution in [2.24, 2.45) is 5.92 Å². The number of anilines is 1. The molecule has 0 unspecified atom stereocenters. The van der Waals surface area contributed by atoms with E-state index in [9.17, 15) is 9.18 Å². The molecular formula is C19H27FN2O2. The van der Waals surface area contributed by atoms with E-state index in [0.717, 1.165) is 63.1 Å². The number of rotatable bonds is 4. The maximum Gasteiger partial charge on any atom is 0.309 e. The Labute approximate surface area is 143 Å². The van der Waals surface area contributed by atoms with Crippen LogP contribution in [-0.2, 0) is 9.53 Å². The van der Waals surface area contributed by atoms with Crippen molar-refractivity contribution < 1.29 is 13.9 Å². The number of nitrogens with one attached hydrogen (secondary N) is 1. The third-order valence-corrected chi connectivity index (χ3v) is 5.24. The van der Waals surface area contributed by atoms with Crippen LogP contribution in [0.15, 0.2) is 18.2 Å². The van der Waals surface area contributed by atoms with Gasteiger partial charge >= 0.3 is 5.97 Å². The fourth-order valence-electron chi connectivity index (χ4n) is 3.81. The second-order valence-corrected chi connectivity index (χ2v) is 6.74. The van der Waals surface area contributed by atoms with Crippen LogP contribution >= 0.6 is 0 Å². The van der Waals surface area contributed by atoms with Gasteiger partial charge in [0.05, 0.1) is 12.5 Å². The molecule has 2 saturated heterocycles. The summed E-state index contributed by atoms with van der Waals surface area (Å²) in [4.78, 5) is 14.0. The van der Waals surface area contributed by atoms with Crippen molar-refractivity contribution in [3.05, 3.63) is 29.6 Å². The van der Waals surface area contributed by atoms with Gasteiger partial charge in [0.25, 0.3) is 0 Å². The van der Waals surface area contributed by atoms with Crippen molar-refractivity contribution in [1.29, 1.82) is 0 Å². The number of carbonyl (C=O) groups is 1. The van der Waals surface area contributed by atoms with Gasteiger partial charge in [-0.15, -0.1) is 0 Å². The monoisotopic (exact) mass is 334 g/mol. The third kappa shape index (κ3) is 3.89. The van der Waals surface area contributed by atoms with Crippen molar-refractivity contribution in [3.8, 4) is 0 Å². The quantitative estimate of drug-likeness (QED) is 0.859. The Morgan fingerprint density at radius 3 is 2.58 bits per heavy atom. The van der Waals surface area contributed by atoms with Crippen molar-refractivity contribution in [3.63, 3.8) is 0 Å². The average Bonchev–Trinajstić information content (AvgIpc) is 2.63. The fourth-order valence-corrected chi connectivity index (χ4v) is 3.81. The van der Waals surface area contributed by atoms with Gasteiger partial charge in [-0.05, 0) is 69.3 Å². The predicted molar refractivity (Wildman–Crippen MR) is 92.8 cm³/mol. The van der Waals surface area contributed by atoms with Crippen LogP contribution < -0.4 is 10.2 Å². The Balaban J connectivity index is 1.62. The summed E-state index contributed by atoms with van der Waals surface area (Å²) in [6, 6.07) is 5.66. The Kier molecular flexibility index (Phi) is 5.72. The van der Waals surface area contributed by atoms with Crippen LogP contribution in [0.1, 0.15) is 44.1 Å². The molecule has 24 heavy (non-hydrogen) atoms. The van der Waals surface area contributed by atoms with E-state index < -0.39 is 0 Å². The molecule has 2 aliphatic heterocycles. The van der Waals surface area contributed by atoms with Gasteiger partial charge in [0.15, 0.2) is 0 Å². The molecule has 0 spiro atoms. The lowest BCUT2D eigenvalue weighted by atomic mass is 9.89. The molecule has 1 aromatic rings. The Hall–Kier alpha value is -1.62. The van der Waals surface area contributed by atoms with Crippen molar-refractivity contribution >= 4 is 11.7 Å². The number of carbonyl (C=O) groups excluding carboxylic acids is 1. The maximum atomic E-state index is 14.6. The van der Waals surface area contributed by atoms with E-state index in [1.54, 1.807) is 6.07 Å². The lowest BCUT2D eigenvalue weighted by Crippen LogP contribution is -2.37. The minimum absolute atomic E-state index is 0.0138. The van der Waals surface area contributed by atoms with Gasteiger partial charge in [-0.1, -0.05) is 6.07 Å². The summed E-state index contributed by atoms with van der Waals surface area (Å²) in [6.45, 7) is 5.74. The van der Waals surface area contributed by atoms with Crippen LogP contribution in [-0.4, -0.2) is 38.8 Å². The summed E-state index contributed by atoms with van der Waals surface area (Å²) < 4.78 is 19.7. The van der Waals surface area contributed by atoms with Crippen LogP contribution in [0.5, 0.6) is 0 Å². The number of hydrogen-bond acceptors (Lipinski definition) is 4. The van der Waals surface area contributed by atoms with Crippen LogP contribution in [0.2, 0.25) is 0 Å². The molecule has 0 saturated carbocycles. The summed E-state index contributed by atoms with van der Waals surface area (Å²) >= 11 is 0. The van der Waals surface area contributed by atoms with Gasteiger partial charge < -0.3 is 15.0 Å².